The lowest BCUT2D eigenvalue weighted by Gasteiger charge is -2.26. The maximum Gasteiger partial charge on any atom is 0.128 e. The first kappa shape index (κ1) is 14.4. The van der Waals surface area contributed by atoms with Crippen molar-refractivity contribution >= 4 is 5.84 Å². The fourth-order valence-electron chi connectivity index (χ4n) is 2.96. The van der Waals surface area contributed by atoms with E-state index in [1.165, 1.54) is 38.9 Å². The van der Waals surface area contributed by atoms with Crippen LogP contribution in [-0.4, -0.2) is 50.1 Å². The summed E-state index contributed by atoms with van der Waals surface area (Å²) >= 11 is 0. The van der Waals surface area contributed by atoms with Gasteiger partial charge in [0.05, 0.1) is 13.2 Å². The first-order chi connectivity index (χ1) is 10.4. The lowest BCUT2D eigenvalue weighted by Crippen LogP contribution is -2.31. The maximum absolute atomic E-state index is 5.83. The topological polar surface area (TPSA) is 36.9 Å². The molecule has 0 bridgehead atoms. The zero-order valence-corrected chi connectivity index (χ0v) is 12.7. The van der Waals surface area contributed by atoms with Crippen LogP contribution in [0.25, 0.3) is 0 Å². The lowest BCUT2D eigenvalue weighted by molar-refractivity contribution is 0.205. The van der Waals surface area contributed by atoms with Crippen LogP contribution in [0.15, 0.2) is 29.3 Å². The minimum atomic E-state index is 0.801. The van der Waals surface area contributed by atoms with Crippen molar-refractivity contribution in [1.29, 1.82) is 0 Å². The van der Waals surface area contributed by atoms with E-state index in [2.05, 4.69) is 27.3 Å². The summed E-state index contributed by atoms with van der Waals surface area (Å²) < 4.78 is 5.83. The Morgan fingerprint density at radius 1 is 1.10 bits per heavy atom. The zero-order chi connectivity index (χ0) is 14.3. The number of aliphatic imine (C=N–C) groups is 1. The molecule has 0 atom stereocenters. The molecule has 0 unspecified atom stereocenters. The van der Waals surface area contributed by atoms with E-state index in [1.54, 1.807) is 0 Å². The monoisotopic (exact) mass is 287 g/mol. The number of hydrogen-bond acceptors (Lipinski definition) is 4. The van der Waals surface area contributed by atoms with Gasteiger partial charge in [-0.3, -0.25) is 4.99 Å². The molecule has 1 aromatic rings. The summed E-state index contributed by atoms with van der Waals surface area (Å²) in [6, 6.07) is 8.24. The molecule has 0 spiro atoms. The number of piperidine rings is 1. The molecular weight excluding hydrogens is 262 g/mol. The number of rotatable bonds is 6. The van der Waals surface area contributed by atoms with E-state index in [0.717, 1.165) is 43.3 Å². The predicted molar refractivity (Wildman–Crippen MR) is 86.3 cm³/mol. The smallest absolute Gasteiger partial charge is 0.128 e. The SMILES string of the molecule is c1cc(C2=NCCN2)ccc1OCCCN1CCCCC1. The average Bonchev–Trinajstić information content (AvgIpc) is 3.08. The second-order valence-electron chi connectivity index (χ2n) is 5.79. The molecule has 0 aromatic heterocycles. The predicted octanol–water partition coefficient (Wildman–Crippen LogP) is 2.29. The van der Waals surface area contributed by atoms with Gasteiger partial charge in [0, 0.05) is 18.7 Å². The third-order valence-electron chi connectivity index (χ3n) is 4.14. The highest BCUT2D eigenvalue weighted by atomic mass is 16.5. The standard InChI is InChI=1S/C17H25N3O/c1-2-11-20(12-3-1)13-4-14-21-16-7-5-15(6-8-16)17-18-9-10-19-17/h5-8H,1-4,9-14H2,(H,18,19). The third kappa shape index (κ3) is 4.21. The summed E-state index contributed by atoms with van der Waals surface area (Å²) in [6.07, 6.45) is 5.23. The number of amidine groups is 1. The quantitative estimate of drug-likeness (QED) is 0.816. The van der Waals surface area contributed by atoms with E-state index < -0.39 is 0 Å². The minimum absolute atomic E-state index is 0.801. The number of likely N-dealkylation sites (tertiary alicyclic amines) is 1. The van der Waals surface area contributed by atoms with Gasteiger partial charge in [0.2, 0.25) is 0 Å². The first-order valence-electron chi connectivity index (χ1n) is 8.16. The molecule has 2 heterocycles. The van der Waals surface area contributed by atoms with Gasteiger partial charge in [0.1, 0.15) is 11.6 Å². The van der Waals surface area contributed by atoms with E-state index in [1.807, 2.05) is 12.1 Å². The van der Waals surface area contributed by atoms with Gasteiger partial charge in [0.25, 0.3) is 0 Å². The van der Waals surface area contributed by atoms with Crippen molar-refractivity contribution in [1.82, 2.24) is 10.2 Å². The van der Waals surface area contributed by atoms with Crippen LogP contribution in [-0.2, 0) is 0 Å². The van der Waals surface area contributed by atoms with E-state index in [9.17, 15) is 0 Å². The van der Waals surface area contributed by atoms with Gasteiger partial charge >= 0.3 is 0 Å². The van der Waals surface area contributed by atoms with E-state index in [0.29, 0.717) is 0 Å². The summed E-state index contributed by atoms with van der Waals surface area (Å²) in [4.78, 5) is 6.98. The molecule has 3 rings (SSSR count). The molecule has 1 aromatic carbocycles. The summed E-state index contributed by atoms with van der Waals surface area (Å²) in [5.74, 6) is 1.96. The van der Waals surface area contributed by atoms with Crippen molar-refractivity contribution in [2.75, 3.05) is 39.3 Å². The summed E-state index contributed by atoms with van der Waals surface area (Å²) in [5, 5.41) is 3.28. The van der Waals surface area contributed by atoms with Crippen LogP contribution in [0, 0.1) is 0 Å². The third-order valence-corrected chi connectivity index (χ3v) is 4.14. The van der Waals surface area contributed by atoms with Crippen LogP contribution in [0.4, 0.5) is 0 Å². The Labute approximate surface area is 127 Å². The van der Waals surface area contributed by atoms with Gasteiger partial charge in [-0.2, -0.15) is 0 Å². The molecule has 114 valence electrons. The van der Waals surface area contributed by atoms with E-state index >= 15 is 0 Å². The molecule has 4 nitrogen and oxygen atoms in total. The fraction of sp³-hybridized carbons (Fsp3) is 0.588. The van der Waals surface area contributed by atoms with Gasteiger partial charge < -0.3 is 15.0 Å². The van der Waals surface area contributed by atoms with Crippen LogP contribution in [0.5, 0.6) is 5.75 Å². The van der Waals surface area contributed by atoms with Crippen LogP contribution < -0.4 is 10.1 Å². The lowest BCUT2D eigenvalue weighted by atomic mass is 10.1. The Hall–Kier alpha value is -1.55. The van der Waals surface area contributed by atoms with Crippen molar-refractivity contribution in [3.8, 4) is 5.75 Å². The van der Waals surface area contributed by atoms with E-state index in [4.69, 9.17) is 4.74 Å². The summed E-state index contributed by atoms with van der Waals surface area (Å²) in [6.45, 7) is 6.33. The highest BCUT2D eigenvalue weighted by Gasteiger charge is 2.09. The van der Waals surface area contributed by atoms with Crippen molar-refractivity contribution in [2.45, 2.75) is 25.7 Å². The van der Waals surface area contributed by atoms with Crippen molar-refractivity contribution in [3.63, 3.8) is 0 Å². The Bertz CT molecular complexity index is 463. The number of ether oxygens (including phenoxy) is 1. The Morgan fingerprint density at radius 3 is 2.62 bits per heavy atom. The molecule has 1 fully saturated rings. The molecule has 21 heavy (non-hydrogen) atoms. The van der Waals surface area contributed by atoms with Gasteiger partial charge in [-0.05, 0) is 56.6 Å². The molecule has 0 radical (unpaired) electrons. The van der Waals surface area contributed by atoms with Crippen molar-refractivity contribution in [3.05, 3.63) is 29.8 Å². The van der Waals surface area contributed by atoms with Gasteiger partial charge in [-0.15, -0.1) is 0 Å². The van der Waals surface area contributed by atoms with Gasteiger partial charge in [-0.1, -0.05) is 6.42 Å². The van der Waals surface area contributed by atoms with Crippen LogP contribution >= 0.6 is 0 Å². The second kappa shape index (κ2) is 7.46. The molecule has 0 aliphatic carbocycles. The molecule has 0 saturated carbocycles. The Morgan fingerprint density at radius 2 is 1.90 bits per heavy atom. The molecule has 2 aliphatic rings. The maximum atomic E-state index is 5.83. The Kier molecular flexibility index (Phi) is 5.11. The molecule has 1 saturated heterocycles. The minimum Gasteiger partial charge on any atom is -0.494 e. The largest absolute Gasteiger partial charge is 0.494 e. The highest BCUT2D eigenvalue weighted by Crippen LogP contribution is 2.14. The van der Waals surface area contributed by atoms with E-state index in [-0.39, 0.29) is 0 Å². The number of hydrogen-bond donors (Lipinski definition) is 1. The summed E-state index contributed by atoms with van der Waals surface area (Å²) in [7, 11) is 0. The first-order valence-corrected chi connectivity index (χ1v) is 8.16. The summed E-state index contributed by atoms with van der Waals surface area (Å²) in [5.41, 5.74) is 1.15. The van der Waals surface area contributed by atoms with Crippen LogP contribution in [0.2, 0.25) is 0 Å². The second-order valence-corrected chi connectivity index (χ2v) is 5.79. The fourth-order valence-corrected chi connectivity index (χ4v) is 2.96. The molecule has 4 heteroatoms. The number of nitrogens with one attached hydrogen (secondary N) is 1. The molecular formula is C17H25N3O. The Balaban J connectivity index is 1.39. The zero-order valence-electron chi connectivity index (χ0n) is 12.7. The van der Waals surface area contributed by atoms with Crippen LogP contribution in [0.1, 0.15) is 31.2 Å². The normalized spacial score (nSPS) is 19.1. The van der Waals surface area contributed by atoms with Gasteiger partial charge in [0.15, 0.2) is 0 Å². The number of nitrogens with zero attached hydrogens (tertiary/aromatic N) is 2. The molecule has 0 amide bonds. The van der Waals surface area contributed by atoms with Crippen molar-refractivity contribution < 1.29 is 4.74 Å². The molecule has 1 N–H and O–H groups in total. The molecule has 2 aliphatic heterocycles. The average molecular weight is 287 g/mol. The van der Waals surface area contributed by atoms with Gasteiger partial charge in [-0.25, -0.2) is 0 Å². The highest BCUT2D eigenvalue weighted by molar-refractivity contribution is 5.99. The number of benzene rings is 1. The van der Waals surface area contributed by atoms with Crippen molar-refractivity contribution in [2.24, 2.45) is 4.99 Å². The van der Waals surface area contributed by atoms with Crippen LogP contribution in [0.3, 0.4) is 0 Å².